The number of benzene rings is 2. The average molecular weight is 338 g/mol. The van der Waals surface area contributed by atoms with E-state index in [4.69, 9.17) is 10.5 Å². The standard InChI is InChI=1S/C21H26N2O2/c1-25-20-12-6-5-10-17(20)14-18-11-7-13-23(18)21(24)15-19(22)16-8-3-2-4-9-16/h2-6,8-10,12,18-19H,7,11,13-15,22H2,1H3/t18-,19-/m0/s1. The molecular formula is C21H26N2O2. The Bertz CT molecular complexity index is 702. The second-order valence-corrected chi connectivity index (χ2v) is 6.62. The van der Waals surface area contributed by atoms with Gasteiger partial charge in [-0.1, -0.05) is 48.5 Å². The molecule has 0 bridgehead atoms. The SMILES string of the molecule is COc1ccccc1C[C@@H]1CCCN1C(=O)C[C@H](N)c1ccccc1. The van der Waals surface area contributed by atoms with Gasteiger partial charge in [-0.15, -0.1) is 0 Å². The lowest BCUT2D eigenvalue weighted by molar-refractivity contribution is -0.132. The number of amides is 1. The quantitative estimate of drug-likeness (QED) is 0.879. The van der Waals surface area contributed by atoms with Crippen LogP contribution in [0.5, 0.6) is 5.75 Å². The molecule has 2 aromatic carbocycles. The smallest absolute Gasteiger partial charge is 0.224 e. The third-order valence-corrected chi connectivity index (χ3v) is 4.97. The third-order valence-electron chi connectivity index (χ3n) is 4.97. The summed E-state index contributed by atoms with van der Waals surface area (Å²) in [5.41, 5.74) is 8.40. The lowest BCUT2D eigenvalue weighted by atomic mass is 10.0. The zero-order valence-electron chi connectivity index (χ0n) is 14.7. The Kier molecular flexibility index (Phi) is 5.71. The summed E-state index contributed by atoms with van der Waals surface area (Å²) in [7, 11) is 1.69. The normalized spacial score (nSPS) is 18.2. The van der Waals surface area contributed by atoms with Crippen molar-refractivity contribution in [2.45, 2.75) is 37.8 Å². The van der Waals surface area contributed by atoms with Crippen LogP contribution in [0.25, 0.3) is 0 Å². The predicted octanol–water partition coefficient (Wildman–Crippen LogP) is 3.32. The van der Waals surface area contributed by atoms with Crippen molar-refractivity contribution in [3.05, 3.63) is 65.7 Å². The van der Waals surface area contributed by atoms with Crippen molar-refractivity contribution in [1.82, 2.24) is 4.90 Å². The Balaban J connectivity index is 1.65. The number of carbonyl (C=O) groups is 1. The molecule has 1 fully saturated rings. The van der Waals surface area contributed by atoms with Crippen molar-refractivity contribution < 1.29 is 9.53 Å². The van der Waals surface area contributed by atoms with E-state index < -0.39 is 0 Å². The van der Waals surface area contributed by atoms with Gasteiger partial charge in [0.05, 0.1) is 7.11 Å². The Morgan fingerprint density at radius 1 is 1.20 bits per heavy atom. The Labute approximate surface area is 149 Å². The highest BCUT2D eigenvalue weighted by molar-refractivity contribution is 5.77. The lowest BCUT2D eigenvalue weighted by Gasteiger charge is -2.26. The molecule has 1 saturated heterocycles. The van der Waals surface area contributed by atoms with Crippen LogP contribution in [0.4, 0.5) is 0 Å². The molecule has 2 N–H and O–H groups in total. The van der Waals surface area contributed by atoms with Gasteiger partial charge in [0, 0.05) is 25.0 Å². The van der Waals surface area contributed by atoms with Crippen LogP contribution in [0, 0.1) is 0 Å². The Morgan fingerprint density at radius 3 is 2.68 bits per heavy atom. The fourth-order valence-corrected chi connectivity index (χ4v) is 3.63. The van der Waals surface area contributed by atoms with Crippen LogP contribution in [0.3, 0.4) is 0 Å². The van der Waals surface area contributed by atoms with Gasteiger partial charge in [0.15, 0.2) is 0 Å². The van der Waals surface area contributed by atoms with Gasteiger partial charge in [0.2, 0.25) is 5.91 Å². The van der Waals surface area contributed by atoms with Crippen molar-refractivity contribution in [2.75, 3.05) is 13.7 Å². The van der Waals surface area contributed by atoms with E-state index >= 15 is 0 Å². The highest BCUT2D eigenvalue weighted by Gasteiger charge is 2.30. The fourth-order valence-electron chi connectivity index (χ4n) is 3.63. The molecule has 4 nitrogen and oxygen atoms in total. The van der Waals surface area contributed by atoms with Gasteiger partial charge < -0.3 is 15.4 Å². The van der Waals surface area contributed by atoms with Crippen LogP contribution in [-0.4, -0.2) is 30.5 Å². The second kappa shape index (κ2) is 8.17. The van der Waals surface area contributed by atoms with Gasteiger partial charge in [-0.3, -0.25) is 4.79 Å². The van der Waals surface area contributed by atoms with E-state index in [0.29, 0.717) is 6.42 Å². The summed E-state index contributed by atoms with van der Waals surface area (Å²) < 4.78 is 5.45. The zero-order valence-corrected chi connectivity index (χ0v) is 14.7. The molecule has 4 heteroatoms. The van der Waals surface area contributed by atoms with Crippen LogP contribution >= 0.6 is 0 Å². The van der Waals surface area contributed by atoms with Crippen molar-refractivity contribution in [3.8, 4) is 5.75 Å². The minimum atomic E-state index is -0.249. The number of hydrogen-bond donors (Lipinski definition) is 1. The van der Waals surface area contributed by atoms with Crippen molar-refractivity contribution in [2.24, 2.45) is 5.73 Å². The summed E-state index contributed by atoms with van der Waals surface area (Å²) in [6.45, 7) is 0.820. The lowest BCUT2D eigenvalue weighted by Crippen LogP contribution is -2.38. The topological polar surface area (TPSA) is 55.6 Å². The molecule has 0 unspecified atom stereocenters. The Morgan fingerprint density at radius 2 is 1.92 bits per heavy atom. The van der Waals surface area contributed by atoms with Crippen LogP contribution < -0.4 is 10.5 Å². The van der Waals surface area contributed by atoms with Crippen molar-refractivity contribution >= 4 is 5.91 Å². The summed E-state index contributed by atoms with van der Waals surface area (Å²) in [4.78, 5) is 14.8. The Hall–Kier alpha value is -2.33. The first kappa shape index (κ1) is 17.5. The molecule has 3 rings (SSSR count). The van der Waals surface area contributed by atoms with Gasteiger partial charge >= 0.3 is 0 Å². The first-order chi connectivity index (χ1) is 12.2. The van der Waals surface area contributed by atoms with Crippen LogP contribution in [0.1, 0.15) is 36.4 Å². The maximum Gasteiger partial charge on any atom is 0.224 e. The first-order valence-corrected chi connectivity index (χ1v) is 8.91. The monoisotopic (exact) mass is 338 g/mol. The predicted molar refractivity (Wildman–Crippen MR) is 99.4 cm³/mol. The van der Waals surface area contributed by atoms with Crippen molar-refractivity contribution in [3.63, 3.8) is 0 Å². The molecule has 1 heterocycles. The number of para-hydroxylation sites is 1. The van der Waals surface area contributed by atoms with E-state index in [9.17, 15) is 4.79 Å². The summed E-state index contributed by atoms with van der Waals surface area (Å²) in [5, 5.41) is 0. The molecule has 1 amide bonds. The summed E-state index contributed by atoms with van der Waals surface area (Å²) >= 11 is 0. The average Bonchev–Trinajstić information content (AvgIpc) is 3.11. The minimum Gasteiger partial charge on any atom is -0.496 e. The number of nitrogens with two attached hydrogens (primary N) is 1. The number of likely N-dealkylation sites (tertiary alicyclic amines) is 1. The molecule has 0 aromatic heterocycles. The molecule has 25 heavy (non-hydrogen) atoms. The van der Waals surface area contributed by atoms with Gasteiger partial charge in [-0.25, -0.2) is 0 Å². The molecule has 0 saturated carbocycles. The van der Waals surface area contributed by atoms with Gasteiger partial charge in [0.25, 0.3) is 0 Å². The van der Waals surface area contributed by atoms with E-state index in [-0.39, 0.29) is 18.0 Å². The molecule has 0 aliphatic carbocycles. The van der Waals surface area contributed by atoms with E-state index in [0.717, 1.165) is 42.7 Å². The summed E-state index contributed by atoms with van der Waals surface area (Å²) in [5.74, 6) is 1.04. The molecular weight excluding hydrogens is 312 g/mol. The second-order valence-electron chi connectivity index (χ2n) is 6.62. The molecule has 0 radical (unpaired) electrons. The first-order valence-electron chi connectivity index (χ1n) is 8.91. The largest absolute Gasteiger partial charge is 0.496 e. The van der Waals surface area contributed by atoms with Crippen LogP contribution in [0.15, 0.2) is 54.6 Å². The van der Waals surface area contributed by atoms with Crippen LogP contribution in [0.2, 0.25) is 0 Å². The van der Waals surface area contributed by atoms with Gasteiger partial charge in [-0.2, -0.15) is 0 Å². The highest BCUT2D eigenvalue weighted by atomic mass is 16.5. The molecule has 1 aliphatic heterocycles. The molecule has 132 valence electrons. The summed E-state index contributed by atoms with van der Waals surface area (Å²) in [6, 6.07) is 17.9. The minimum absolute atomic E-state index is 0.147. The number of carbonyl (C=O) groups excluding carboxylic acids is 1. The number of hydrogen-bond acceptors (Lipinski definition) is 3. The highest BCUT2D eigenvalue weighted by Crippen LogP contribution is 2.27. The molecule has 1 aliphatic rings. The molecule has 2 aromatic rings. The van der Waals surface area contributed by atoms with E-state index in [1.807, 2.05) is 53.4 Å². The number of rotatable bonds is 6. The molecule has 0 spiro atoms. The maximum absolute atomic E-state index is 12.8. The fraction of sp³-hybridized carbons (Fsp3) is 0.381. The van der Waals surface area contributed by atoms with E-state index in [2.05, 4.69) is 6.07 Å². The maximum atomic E-state index is 12.8. The number of methoxy groups -OCH3 is 1. The zero-order chi connectivity index (χ0) is 17.6. The molecule has 2 atom stereocenters. The van der Waals surface area contributed by atoms with Gasteiger partial charge in [-0.05, 0) is 36.5 Å². The van der Waals surface area contributed by atoms with E-state index in [1.54, 1.807) is 7.11 Å². The summed E-state index contributed by atoms with van der Waals surface area (Å²) in [6.07, 6.45) is 3.26. The number of ether oxygens (including phenoxy) is 1. The van der Waals surface area contributed by atoms with Crippen LogP contribution in [-0.2, 0) is 11.2 Å². The van der Waals surface area contributed by atoms with Crippen molar-refractivity contribution in [1.29, 1.82) is 0 Å². The van der Waals surface area contributed by atoms with Gasteiger partial charge in [0.1, 0.15) is 5.75 Å². The number of nitrogens with zero attached hydrogens (tertiary/aromatic N) is 1. The third kappa shape index (κ3) is 4.20. The van der Waals surface area contributed by atoms with E-state index in [1.165, 1.54) is 0 Å².